The van der Waals surface area contributed by atoms with E-state index in [1.807, 2.05) is 6.07 Å². The van der Waals surface area contributed by atoms with E-state index in [2.05, 4.69) is 134 Å². The molecule has 0 unspecified atom stereocenters. The molecule has 0 bridgehead atoms. The van der Waals surface area contributed by atoms with E-state index in [4.69, 9.17) is 11.6 Å². The molecule has 0 fully saturated rings. The lowest BCUT2D eigenvalue weighted by Gasteiger charge is -2.29. The van der Waals surface area contributed by atoms with Gasteiger partial charge in [-0.1, -0.05) is 104 Å². The van der Waals surface area contributed by atoms with Gasteiger partial charge in [-0.2, -0.15) is 0 Å². The Bertz CT molecular complexity index is 2240. The molecule has 0 atom stereocenters. The Balaban J connectivity index is 1.38. The maximum atomic E-state index is 6.54. The molecule has 1 aliphatic carbocycles. The van der Waals surface area contributed by atoms with E-state index in [1.165, 1.54) is 83.1 Å². The third-order valence-corrected chi connectivity index (χ3v) is 9.86. The summed E-state index contributed by atoms with van der Waals surface area (Å²) in [4.78, 5) is 0. The number of nitrogens with zero attached hydrogens (tertiary/aromatic N) is 1. The van der Waals surface area contributed by atoms with E-state index in [0.29, 0.717) is 0 Å². The minimum Gasteiger partial charge on any atom is -0.309 e. The number of fused-ring (bicyclic) bond motifs is 9. The van der Waals surface area contributed by atoms with Gasteiger partial charge in [0.15, 0.2) is 0 Å². The number of hydrogen-bond donors (Lipinski definition) is 0. The number of aromatic nitrogens is 1. The van der Waals surface area contributed by atoms with Crippen LogP contribution in [0.25, 0.3) is 60.9 Å². The molecule has 0 saturated carbocycles. The van der Waals surface area contributed by atoms with Crippen LogP contribution in [0.3, 0.4) is 0 Å². The molecule has 7 aromatic rings. The van der Waals surface area contributed by atoms with Crippen molar-refractivity contribution in [2.45, 2.75) is 25.7 Å². The van der Waals surface area contributed by atoms with Crippen molar-refractivity contribution in [2.75, 3.05) is 0 Å². The molecular weight excluding hydrogens is 530 g/mol. The molecule has 42 heavy (non-hydrogen) atoms. The van der Waals surface area contributed by atoms with Gasteiger partial charge in [-0.05, 0) is 98.1 Å². The lowest BCUT2D eigenvalue weighted by Crippen LogP contribution is -2.20. The van der Waals surface area contributed by atoms with Crippen molar-refractivity contribution in [3.63, 3.8) is 0 Å². The fourth-order valence-electron chi connectivity index (χ4n) is 7.78. The van der Waals surface area contributed by atoms with Gasteiger partial charge in [-0.25, -0.2) is 0 Å². The standard InChI is InChI=1S/C40H28ClN/c1-40(2)35-23-29(41)14-15-30(35)31-16-18-37-34(38(31)40)22-28-19-27(25-11-7-4-8-12-25)21-33-32-20-26(24-9-5-3-6-10-24)13-17-36(32)42(37)39(28)33/h3-21,23H,22H2,1-2H3. The molecule has 0 spiro atoms. The van der Waals surface area contributed by atoms with Crippen LogP contribution >= 0.6 is 11.6 Å². The predicted molar refractivity (Wildman–Crippen MR) is 177 cm³/mol. The van der Waals surface area contributed by atoms with E-state index < -0.39 is 0 Å². The van der Waals surface area contributed by atoms with Crippen LogP contribution in [0.2, 0.25) is 5.02 Å². The Hall–Kier alpha value is -4.59. The van der Waals surface area contributed by atoms with Crippen LogP contribution in [0.15, 0.2) is 121 Å². The third-order valence-electron chi connectivity index (χ3n) is 9.62. The molecule has 1 nitrogen and oxygen atoms in total. The number of rotatable bonds is 2. The molecule has 6 aromatic carbocycles. The van der Waals surface area contributed by atoms with Gasteiger partial charge in [-0.3, -0.25) is 0 Å². The molecule has 2 heteroatoms. The highest BCUT2D eigenvalue weighted by Gasteiger charge is 2.40. The molecule has 1 aromatic heterocycles. The van der Waals surface area contributed by atoms with Gasteiger partial charge in [0.1, 0.15) is 0 Å². The second-order valence-corrected chi connectivity index (χ2v) is 12.7. The van der Waals surface area contributed by atoms with Crippen molar-refractivity contribution in [3.8, 4) is 39.1 Å². The Morgan fingerprint density at radius 2 is 1.31 bits per heavy atom. The zero-order chi connectivity index (χ0) is 28.2. The molecule has 0 amide bonds. The Kier molecular flexibility index (Phi) is 4.85. The van der Waals surface area contributed by atoms with Crippen LogP contribution in [0, 0.1) is 0 Å². The summed E-state index contributed by atoms with van der Waals surface area (Å²) in [5, 5.41) is 3.42. The Morgan fingerprint density at radius 3 is 2.07 bits per heavy atom. The van der Waals surface area contributed by atoms with Crippen molar-refractivity contribution in [3.05, 3.63) is 149 Å². The monoisotopic (exact) mass is 557 g/mol. The minimum atomic E-state index is -0.141. The quantitative estimate of drug-likeness (QED) is 0.199. The highest BCUT2D eigenvalue weighted by Crippen LogP contribution is 2.54. The zero-order valence-electron chi connectivity index (χ0n) is 23.6. The van der Waals surface area contributed by atoms with Crippen molar-refractivity contribution < 1.29 is 0 Å². The van der Waals surface area contributed by atoms with Gasteiger partial charge in [0.05, 0.1) is 16.7 Å². The molecule has 0 radical (unpaired) electrons. The highest BCUT2D eigenvalue weighted by molar-refractivity contribution is 6.30. The first-order valence-electron chi connectivity index (χ1n) is 14.7. The summed E-state index contributed by atoms with van der Waals surface area (Å²) in [6.07, 6.45) is 0.905. The van der Waals surface area contributed by atoms with E-state index in [-0.39, 0.29) is 5.41 Å². The average Bonchev–Trinajstić information content (AvgIpc) is 3.47. The summed E-state index contributed by atoms with van der Waals surface area (Å²) in [6.45, 7) is 4.72. The van der Waals surface area contributed by atoms with Crippen molar-refractivity contribution >= 4 is 33.4 Å². The van der Waals surface area contributed by atoms with Gasteiger partial charge in [-0.15, -0.1) is 0 Å². The number of benzene rings is 6. The fourth-order valence-corrected chi connectivity index (χ4v) is 7.95. The largest absolute Gasteiger partial charge is 0.309 e. The molecule has 1 aliphatic heterocycles. The van der Waals surface area contributed by atoms with Crippen LogP contribution in [-0.2, 0) is 11.8 Å². The van der Waals surface area contributed by atoms with Crippen molar-refractivity contribution in [2.24, 2.45) is 0 Å². The van der Waals surface area contributed by atoms with Crippen LogP contribution in [-0.4, -0.2) is 4.57 Å². The van der Waals surface area contributed by atoms with Crippen LogP contribution in [0.5, 0.6) is 0 Å². The lowest BCUT2D eigenvalue weighted by molar-refractivity contribution is 0.651. The topological polar surface area (TPSA) is 4.93 Å². The Labute approximate surface area is 250 Å². The van der Waals surface area contributed by atoms with E-state index >= 15 is 0 Å². The van der Waals surface area contributed by atoms with Crippen molar-refractivity contribution in [1.82, 2.24) is 4.57 Å². The van der Waals surface area contributed by atoms with E-state index in [1.54, 1.807) is 0 Å². The van der Waals surface area contributed by atoms with Gasteiger partial charge in [0.25, 0.3) is 0 Å². The summed E-state index contributed by atoms with van der Waals surface area (Å²) >= 11 is 6.54. The predicted octanol–water partition coefficient (Wildman–Crippen LogP) is 11.0. The summed E-state index contributed by atoms with van der Waals surface area (Å²) in [5.74, 6) is 0. The molecule has 2 heterocycles. The number of halogens is 1. The molecular formula is C40H28ClN. The third kappa shape index (κ3) is 3.20. The molecule has 9 rings (SSSR count). The summed E-state index contributed by atoms with van der Waals surface area (Å²) in [6, 6.07) is 44.4. The molecule has 0 saturated heterocycles. The van der Waals surface area contributed by atoms with Crippen LogP contribution < -0.4 is 0 Å². The number of hydrogen-bond acceptors (Lipinski definition) is 0. The van der Waals surface area contributed by atoms with Gasteiger partial charge < -0.3 is 4.57 Å². The Morgan fingerprint density at radius 1 is 0.619 bits per heavy atom. The highest BCUT2D eigenvalue weighted by atomic mass is 35.5. The maximum Gasteiger partial charge on any atom is 0.0577 e. The molecule has 2 aliphatic rings. The summed E-state index contributed by atoms with van der Waals surface area (Å²) in [7, 11) is 0. The van der Waals surface area contributed by atoms with E-state index in [0.717, 1.165) is 11.4 Å². The normalized spacial score (nSPS) is 14.2. The van der Waals surface area contributed by atoms with Gasteiger partial charge in [0, 0.05) is 27.6 Å². The maximum absolute atomic E-state index is 6.54. The van der Waals surface area contributed by atoms with Gasteiger partial charge in [0.2, 0.25) is 0 Å². The molecule has 0 N–H and O–H groups in total. The molecule has 200 valence electrons. The lowest BCUT2D eigenvalue weighted by atomic mass is 9.77. The fraction of sp³-hybridized carbons (Fsp3) is 0.100. The smallest absolute Gasteiger partial charge is 0.0577 e. The van der Waals surface area contributed by atoms with Gasteiger partial charge >= 0.3 is 0 Å². The summed E-state index contributed by atoms with van der Waals surface area (Å²) in [5.41, 5.74) is 17.0. The average molecular weight is 558 g/mol. The first-order valence-corrected chi connectivity index (χ1v) is 15.1. The second kappa shape index (κ2) is 8.47. The van der Waals surface area contributed by atoms with Crippen LogP contribution in [0.4, 0.5) is 0 Å². The first kappa shape index (κ1) is 24.1. The van der Waals surface area contributed by atoms with E-state index in [9.17, 15) is 0 Å². The zero-order valence-corrected chi connectivity index (χ0v) is 24.3. The first-order chi connectivity index (χ1) is 20.5. The minimum absolute atomic E-state index is 0.141. The second-order valence-electron chi connectivity index (χ2n) is 12.3. The SMILES string of the molecule is CC1(C)c2cc(Cl)ccc2-c2ccc3c(c21)Cc1cc(-c2ccccc2)cc2c4cc(-c5ccccc5)ccc4n-3c12. The van der Waals surface area contributed by atoms with Crippen molar-refractivity contribution in [1.29, 1.82) is 0 Å². The summed E-state index contributed by atoms with van der Waals surface area (Å²) < 4.78 is 2.54. The van der Waals surface area contributed by atoms with Crippen LogP contribution in [0.1, 0.15) is 36.1 Å².